The van der Waals surface area contributed by atoms with Gasteiger partial charge in [-0.1, -0.05) is 17.7 Å². The molecule has 0 fully saturated rings. The molecule has 1 amide bonds. The van der Waals surface area contributed by atoms with Gasteiger partial charge < -0.3 is 14.5 Å². The van der Waals surface area contributed by atoms with Crippen LogP contribution in [-0.4, -0.2) is 21.4 Å². The number of sulfonamides is 1. The van der Waals surface area contributed by atoms with Crippen molar-refractivity contribution in [3.63, 3.8) is 0 Å². The van der Waals surface area contributed by atoms with Crippen LogP contribution in [0, 0.1) is 13.8 Å². The number of hydrogen-bond acceptors (Lipinski definition) is 5. The molecule has 3 rings (SSSR count). The molecule has 7 nitrogen and oxygen atoms in total. The molecule has 1 aromatic heterocycles. The second-order valence-electron chi connectivity index (χ2n) is 6.53. The van der Waals surface area contributed by atoms with Crippen LogP contribution in [0.3, 0.4) is 0 Å². The predicted octanol–water partition coefficient (Wildman–Crippen LogP) is 3.64. The zero-order valence-corrected chi connectivity index (χ0v) is 17.2. The van der Waals surface area contributed by atoms with Crippen molar-refractivity contribution in [3.05, 3.63) is 77.2 Å². The standard InChI is InChI=1S/C21H22N2O5S/c1-14-4-9-18(10-5-14)29(25,26)23-20-11-8-16(27-3)12-19(20)21(24)22-13-17-7-6-15(2)28-17/h4-12,23H,13H2,1-3H3,(H,22,24). The summed E-state index contributed by atoms with van der Waals surface area (Å²) < 4.78 is 38.6. The molecule has 8 heteroatoms. The van der Waals surface area contributed by atoms with Gasteiger partial charge in [0.25, 0.3) is 15.9 Å². The maximum absolute atomic E-state index is 12.7. The van der Waals surface area contributed by atoms with E-state index in [0.717, 1.165) is 11.3 Å². The molecule has 0 unspecified atom stereocenters. The number of furan rings is 1. The van der Waals surface area contributed by atoms with Crippen molar-refractivity contribution < 1.29 is 22.4 Å². The van der Waals surface area contributed by atoms with E-state index in [1.807, 2.05) is 13.8 Å². The third kappa shape index (κ3) is 4.97. The number of anilines is 1. The van der Waals surface area contributed by atoms with E-state index in [-0.39, 0.29) is 22.7 Å². The highest BCUT2D eigenvalue weighted by Crippen LogP contribution is 2.25. The lowest BCUT2D eigenvalue weighted by molar-refractivity contribution is 0.0948. The average molecular weight is 414 g/mol. The number of methoxy groups -OCH3 is 1. The Morgan fingerprint density at radius 2 is 1.76 bits per heavy atom. The summed E-state index contributed by atoms with van der Waals surface area (Å²) in [4.78, 5) is 12.8. The Morgan fingerprint density at radius 3 is 2.38 bits per heavy atom. The van der Waals surface area contributed by atoms with Crippen LogP contribution in [0.15, 0.2) is 63.9 Å². The molecule has 0 saturated heterocycles. The molecule has 0 aliphatic heterocycles. The van der Waals surface area contributed by atoms with Crippen molar-refractivity contribution in [2.45, 2.75) is 25.3 Å². The summed E-state index contributed by atoms with van der Waals surface area (Å²) in [5.41, 5.74) is 1.24. The number of carbonyl (C=O) groups is 1. The van der Waals surface area contributed by atoms with Crippen LogP contribution in [0.25, 0.3) is 0 Å². The van der Waals surface area contributed by atoms with E-state index in [4.69, 9.17) is 9.15 Å². The number of nitrogens with one attached hydrogen (secondary N) is 2. The minimum Gasteiger partial charge on any atom is -0.497 e. The molecular weight excluding hydrogens is 392 g/mol. The molecule has 0 atom stereocenters. The average Bonchev–Trinajstić information content (AvgIpc) is 3.11. The smallest absolute Gasteiger partial charge is 0.261 e. The predicted molar refractivity (Wildman–Crippen MR) is 110 cm³/mol. The Morgan fingerprint density at radius 1 is 1.03 bits per heavy atom. The SMILES string of the molecule is COc1ccc(NS(=O)(=O)c2ccc(C)cc2)c(C(=O)NCc2ccc(C)o2)c1. The molecule has 0 aliphatic rings. The Labute approximate surface area is 169 Å². The van der Waals surface area contributed by atoms with Crippen LogP contribution in [0.1, 0.15) is 27.4 Å². The fourth-order valence-corrected chi connectivity index (χ4v) is 3.77. The summed E-state index contributed by atoms with van der Waals surface area (Å²) in [7, 11) is -2.39. The number of ether oxygens (including phenoxy) is 1. The van der Waals surface area contributed by atoms with E-state index in [0.29, 0.717) is 11.5 Å². The molecule has 152 valence electrons. The number of benzene rings is 2. The van der Waals surface area contributed by atoms with Gasteiger partial charge in [0.15, 0.2) is 0 Å². The molecule has 2 N–H and O–H groups in total. The van der Waals surface area contributed by atoms with Crippen LogP contribution in [0.4, 0.5) is 5.69 Å². The van der Waals surface area contributed by atoms with Crippen LogP contribution >= 0.6 is 0 Å². The van der Waals surface area contributed by atoms with Crippen molar-refractivity contribution in [1.82, 2.24) is 5.32 Å². The van der Waals surface area contributed by atoms with Gasteiger partial charge in [-0.3, -0.25) is 9.52 Å². The minimum atomic E-state index is -3.86. The Balaban J connectivity index is 1.86. The highest BCUT2D eigenvalue weighted by Gasteiger charge is 2.20. The van der Waals surface area contributed by atoms with Crippen molar-refractivity contribution in [1.29, 1.82) is 0 Å². The van der Waals surface area contributed by atoms with Crippen LogP contribution in [0.2, 0.25) is 0 Å². The van der Waals surface area contributed by atoms with E-state index in [1.165, 1.54) is 31.4 Å². The van der Waals surface area contributed by atoms with Crippen LogP contribution in [0.5, 0.6) is 5.75 Å². The highest BCUT2D eigenvalue weighted by atomic mass is 32.2. The lowest BCUT2D eigenvalue weighted by Gasteiger charge is -2.14. The number of aryl methyl sites for hydroxylation is 2. The molecule has 2 aromatic carbocycles. The van der Waals surface area contributed by atoms with Gasteiger partial charge in [-0.05, 0) is 56.3 Å². The van der Waals surface area contributed by atoms with E-state index in [9.17, 15) is 13.2 Å². The van der Waals surface area contributed by atoms with Gasteiger partial charge in [-0.25, -0.2) is 8.42 Å². The Kier molecular flexibility index (Phi) is 5.93. The van der Waals surface area contributed by atoms with E-state index < -0.39 is 15.9 Å². The molecule has 0 aliphatic carbocycles. The van der Waals surface area contributed by atoms with Crippen LogP contribution < -0.4 is 14.8 Å². The lowest BCUT2D eigenvalue weighted by Crippen LogP contribution is -2.25. The molecule has 0 spiro atoms. The van der Waals surface area contributed by atoms with Crippen molar-refractivity contribution >= 4 is 21.6 Å². The van der Waals surface area contributed by atoms with Crippen LogP contribution in [-0.2, 0) is 16.6 Å². The first-order valence-electron chi connectivity index (χ1n) is 8.89. The van der Waals surface area contributed by atoms with Crippen molar-refractivity contribution in [2.24, 2.45) is 0 Å². The largest absolute Gasteiger partial charge is 0.497 e. The monoisotopic (exact) mass is 414 g/mol. The maximum Gasteiger partial charge on any atom is 0.261 e. The molecular formula is C21H22N2O5S. The zero-order chi connectivity index (χ0) is 21.0. The number of carbonyl (C=O) groups excluding carboxylic acids is 1. The first-order chi connectivity index (χ1) is 13.8. The normalized spacial score (nSPS) is 11.1. The summed E-state index contributed by atoms with van der Waals surface area (Å²) in [6.45, 7) is 3.86. The Bertz CT molecular complexity index is 1120. The summed E-state index contributed by atoms with van der Waals surface area (Å²) in [5, 5.41) is 2.73. The molecule has 29 heavy (non-hydrogen) atoms. The summed E-state index contributed by atoms with van der Waals surface area (Å²) in [6.07, 6.45) is 0. The quantitative estimate of drug-likeness (QED) is 0.615. The molecule has 1 heterocycles. The van der Waals surface area contributed by atoms with Gasteiger partial charge in [0.05, 0.1) is 29.8 Å². The fraction of sp³-hybridized carbons (Fsp3) is 0.190. The van der Waals surface area contributed by atoms with Gasteiger partial charge in [0.1, 0.15) is 17.3 Å². The third-order valence-corrected chi connectivity index (χ3v) is 5.65. The highest BCUT2D eigenvalue weighted by molar-refractivity contribution is 7.92. The second-order valence-corrected chi connectivity index (χ2v) is 8.21. The third-order valence-electron chi connectivity index (χ3n) is 4.27. The molecule has 0 radical (unpaired) electrons. The first kappa shape index (κ1) is 20.5. The van der Waals surface area contributed by atoms with Crippen molar-refractivity contribution in [2.75, 3.05) is 11.8 Å². The van der Waals surface area contributed by atoms with Gasteiger partial charge in [0, 0.05) is 0 Å². The van der Waals surface area contributed by atoms with E-state index in [2.05, 4.69) is 10.0 Å². The summed E-state index contributed by atoms with van der Waals surface area (Å²) in [6, 6.07) is 14.6. The molecule has 0 bridgehead atoms. The summed E-state index contributed by atoms with van der Waals surface area (Å²) in [5.74, 6) is 1.31. The van der Waals surface area contributed by atoms with Gasteiger partial charge in [-0.2, -0.15) is 0 Å². The van der Waals surface area contributed by atoms with E-state index >= 15 is 0 Å². The molecule has 3 aromatic rings. The number of rotatable bonds is 7. The van der Waals surface area contributed by atoms with Gasteiger partial charge >= 0.3 is 0 Å². The Hall–Kier alpha value is -3.26. The fourth-order valence-electron chi connectivity index (χ4n) is 2.69. The van der Waals surface area contributed by atoms with Crippen molar-refractivity contribution in [3.8, 4) is 5.75 Å². The second kappa shape index (κ2) is 8.40. The maximum atomic E-state index is 12.7. The number of hydrogen-bond donors (Lipinski definition) is 2. The zero-order valence-electron chi connectivity index (χ0n) is 16.4. The number of amides is 1. The lowest BCUT2D eigenvalue weighted by atomic mass is 10.1. The first-order valence-corrected chi connectivity index (χ1v) is 10.4. The minimum absolute atomic E-state index is 0.108. The van der Waals surface area contributed by atoms with E-state index in [1.54, 1.807) is 30.3 Å². The molecule has 0 saturated carbocycles. The van der Waals surface area contributed by atoms with Gasteiger partial charge in [-0.15, -0.1) is 0 Å². The van der Waals surface area contributed by atoms with Gasteiger partial charge in [0.2, 0.25) is 0 Å². The summed E-state index contributed by atoms with van der Waals surface area (Å²) >= 11 is 0. The topological polar surface area (TPSA) is 97.6 Å².